The standard InChI is InChI=1S/C16H24N2/c1-10-6-7-15-14(8-10)16(11(2)18-15)12-4-3-5-13(17)9-12/h6-8,11-13,16,18H,3-5,9,17H2,1-2H3/t11?,12-,13+,16?/m0/s1. The summed E-state index contributed by atoms with van der Waals surface area (Å²) >= 11 is 0. The summed E-state index contributed by atoms with van der Waals surface area (Å²) in [6, 6.07) is 7.79. The molecule has 1 aliphatic carbocycles. The smallest absolute Gasteiger partial charge is 0.0378 e. The lowest BCUT2D eigenvalue weighted by Crippen LogP contribution is -2.33. The molecule has 1 aromatic rings. The molecule has 0 spiro atoms. The summed E-state index contributed by atoms with van der Waals surface area (Å²) in [7, 11) is 0. The molecule has 98 valence electrons. The second-order valence-corrected chi connectivity index (χ2v) is 6.24. The first-order chi connectivity index (χ1) is 8.65. The molecule has 3 rings (SSSR count). The highest BCUT2D eigenvalue weighted by Crippen LogP contribution is 2.45. The molecule has 0 aromatic heterocycles. The molecule has 1 fully saturated rings. The van der Waals surface area contributed by atoms with Crippen LogP contribution in [0.1, 0.15) is 49.7 Å². The van der Waals surface area contributed by atoms with Crippen LogP contribution in [0.25, 0.3) is 0 Å². The van der Waals surface area contributed by atoms with Crippen molar-refractivity contribution in [3.05, 3.63) is 29.3 Å². The lowest BCUT2D eigenvalue weighted by atomic mass is 9.73. The maximum Gasteiger partial charge on any atom is 0.0378 e. The van der Waals surface area contributed by atoms with E-state index >= 15 is 0 Å². The number of aryl methyl sites for hydroxylation is 1. The van der Waals surface area contributed by atoms with Crippen molar-refractivity contribution >= 4 is 5.69 Å². The van der Waals surface area contributed by atoms with Crippen LogP contribution in [0.2, 0.25) is 0 Å². The maximum atomic E-state index is 6.17. The summed E-state index contributed by atoms with van der Waals surface area (Å²) in [5, 5.41) is 3.65. The number of rotatable bonds is 1. The van der Waals surface area contributed by atoms with E-state index in [-0.39, 0.29) is 0 Å². The molecule has 2 heteroatoms. The highest BCUT2D eigenvalue weighted by atomic mass is 15.0. The molecule has 3 N–H and O–H groups in total. The molecule has 0 amide bonds. The largest absolute Gasteiger partial charge is 0.382 e. The zero-order valence-corrected chi connectivity index (χ0v) is 11.4. The third-order valence-electron chi connectivity index (χ3n) is 4.75. The Bertz CT molecular complexity index is 441. The Kier molecular flexibility index (Phi) is 3.06. The van der Waals surface area contributed by atoms with E-state index in [0.717, 1.165) is 5.92 Å². The molecule has 1 aromatic carbocycles. The number of fused-ring (bicyclic) bond motifs is 1. The van der Waals surface area contributed by atoms with Crippen LogP contribution in [-0.4, -0.2) is 12.1 Å². The van der Waals surface area contributed by atoms with Crippen LogP contribution >= 0.6 is 0 Å². The van der Waals surface area contributed by atoms with Crippen molar-refractivity contribution in [2.75, 3.05) is 5.32 Å². The summed E-state index contributed by atoms with van der Waals surface area (Å²) in [5.41, 5.74) is 10.4. The minimum absolute atomic E-state index is 0.421. The van der Waals surface area contributed by atoms with Crippen LogP contribution < -0.4 is 11.1 Å². The van der Waals surface area contributed by atoms with Gasteiger partial charge in [0, 0.05) is 23.7 Å². The lowest BCUT2D eigenvalue weighted by molar-refractivity contribution is 0.271. The summed E-state index contributed by atoms with van der Waals surface area (Å²) in [4.78, 5) is 0. The fraction of sp³-hybridized carbons (Fsp3) is 0.625. The van der Waals surface area contributed by atoms with E-state index < -0.39 is 0 Å². The van der Waals surface area contributed by atoms with E-state index in [1.54, 1.807) is 0 Å². The Morgan fingerprint density at radius 3 is 2.89 bits per heavy atom. The van der Waals surface area contributed by atoms with E-state index in [4.69, 9.17) is 5.73 Å². The maximum absolute atomic E-state index is 6.17. The topological polar surface area (TPSA) is 38.0 Å². The molecule has 1 saturated carbocycles. The van der Waals surface area contributed by atoms with Gasteiger partial charge in [0.25, 0.3) is 0 Å². The summed E-state index contributed by atoms with van der Waals surface area (Å²) < 4.78 is 0. The zero-order valence-electron chi connectivity index (χ0n) is 11.4. The van der Waals surface area contributed by atoms with Gasteiger partial charge in [-0.3, -0.25) is 0 Å². The van der Waals surface area contributed by atoms with Gasteiger partial charge < -0.3 is 11.1 Å². The first kappa shape index (κ1) is 12.0. The molecule has 2 aliphatic rings. The number of anilines is 1. The van der Waals surface area contributed by atoms with Crippen molar-refractivity contribution in [2.45, 2.75) is 57.5 Å². The second kappa shape index (κ2) is 4.58. The van der Waals surface area contributed by atoms with Crippen molar-refractivity contribution in [1.29, 1.82) is 0 Å². The van der Waals surface area contributed by atoms with E-state index in [2.05, 4.69) is 37.4 Å². The van der Waals surface area contributed by atoms with Gasteiger partial charge in [0.2, 0.25) is 0 Å². The van der Waals surface area contributed by atoms with E-state index in [1.807, 2.05) is 0 Å². The van der Waals surface area contributed by atoms with Crippen molar-refractivity contribution in [3.8, 4) is 0 Å². The Hall–Kier alpha value is -1.02. The zero-order chi connectivity index (χ0) is 12.7. The molecule has 2 nitrogen and oxygen atoms in total. The number of nitrogens with two attached hydrogens (primary N) is 1. The highest BCUT2D eigenvalue weighted by molar-refractivity contribution is 5.60. The number of hydrogen-bond donors (Lipinski definition) is 2. The van der Waals surface area contributed by atoms with Crippen LogP contribution in [0.15, 0.2) is 18.2 Å². The Morgan fingerprint density at radius 2 is 2.11 bits per heavy atom. The molecular weight excluding hydrogens is 220 g/mol. The molecule has 18 heavy (non-hydrogen) atoms. The fourth-order valence-electron chi connectivity index (χ4n) is 3.95. The second-order valence-electron chi connectivity index (χ2n) is 6.24. The summed E-state index contributed by atoms with van der Waals surface area (Å²) in [6.07, 6.45) is 5.06. The van der Waals surface area contributed by atoms with E-state index in [1.165, 1.54) is 42.5 Å². The summed E-state index contributed by atoms with van der Waals surface area (Å²) in [5.74, 6) is 1.42. The number of nitrogens with one attached hydrogen (secondary N) is 1. The molecule has 1 aliphatic heterocycles. The van der Waals surface area contributed by atoms with Crippen LogP contribution in [0, 0.1) is 12.8 Å². The van der Waals surface area contributed by atoms with Gasteiger partial charge in [-0.05, 0) is 50.7 Å². The normalized spacial score (nSPS) is 35.1. The van der Waals surface area contributed by atoms with Crippen molar-refractivity contribution < 1.29 is 0 Å². The van der Waals surface area contributed by atoms with Crippen LogP contribution in [0.4, 0.5) is 5.69 Å². The van der Waals surface area contributed by atoms with Gasteiger partial charge in [0.05, 0.1) is 0 Å². The summed E-state index contributed by atoms with van der Waals surface area (Å²) in [6.45, 7) is 4.51. The predicted molar refractivity (Wildman–Crippen MR) is 76.9 cm³/mol. The van der Waals surface area contributed by atoms with Crippen LogP contribution in [-0.2, 0) is 0 Å². The third kappa shape index (κ3) is 2.03. The minimum atomic E-state index is 0.421. The number of benzene rings is 1. The molecule has 4 atom stereocenters. The third-order valence-corrected chi connectivity index (χ3v) is 4.75. The Balaban J connectivity index is 1.90. The monoisotopic (exact) mass is 244 g/mol. The molecule has 0 radical (unpaired) electrons. The number of hydrogen-bond acceptors (Lipinski definition) is 2. The quantitative estimate of drug-likeness (QED) is 0.794. The first-order valence-electron chi connectivity index (χ1n) is 7.28. The first-order valence-corrected chi connectivity index (χ1v) is 7.28. The molecule has 1 heterocycles. The van der Waals surface area contributed by atoms with Crippen molar-refractivity contribution in [2.24, 2.45) is 11.7 Å². The lowest BCUT2D eigenvalue weighted by Gasteiger charge is -2.33. The van der Waals surface area contributed by atoms with Gasteiger partial charge in [-0.25, -0.2) is 0 Å². The van der Waals surface area contributed by atoms with Gasteiger partial charge >= 0.3 is 0 Å². The fourth-order valence-corrected chi connectivity index (χ4v) is 3.95. The van der Waals surface area contributed by atoms with Crippen LogP contribution in [0.5, 0.6) is 0 Å². The van der Waals surface area contributed by atoms with Crippen LogP contribution in [0.3, 0.4) is 0 Å². The van der Waals surface area contributed by atoms with Crippen molar-refractivity contribution in [1.82, 2.24) is 0 Å². The Morgan fingerprint density at radius 1 is 1.28 bits per heavy atom. The SMILES string of the molecule is Cc1ccc2c(c1)C([C@H]1CCC[C@@H](N)C1)C(C)N2. The van der Waals surface area contributed by atoms with Gasteiger partial charge in [0.15, 0.2) is 0 Å². The van der Waals surface area contributed by atoms with E-state index in [0.29, 0.717) is 18.0 Å². The molecule has 0 bridgehead atoms. The van der Waals surface area contributed by atoms with Gasteiger partial charge in [-0.15, -0.1) is 0 Å². The minimum Gasteiger partial charge on any atom is -0.382 e. The Labute approximate surface area is 110 Å². The molecule has 0 saturated heterocycles. The predicted octanol–water partition coefficient (Wildman–Crippen LogP) is 3.41. The van der Waals surface area contributed by atoms with Gasteiger partial charge in [-0.1, -0.05) is 24.1 Å². The molecular formula is C16H24N2. The van der Waals surface area contributed by atoms with E-state index in [9.17, 15) is 0 Å². The van der Waals surface area contributed by atoms with Gasteiger partial charge in [-0.2, -0.15) is 0 Å². The average molecular weight is 244 g/mol. The molecule has 2 unspecified atom stereocenters. The van der Waals surface area contributed by atoms with Gasteiger partial charge in [0.1, 0.15) is 0 Å². The highest BCUT2D eigenvalue weighted by Gasteiger charge is 2.36. The average Bonchev–Trinajstić information content (AvgIpc) is 2.64. The van der Waals surface area contributed by atoms with Crippen molar-refractivity contribution in [3.63, 3.8) is 0 Å².